The lowest BCUT2D eigenvalue weighted by Crippen LogP contribution is -2.52. The number of carboxylic acid groups (broad SMARTS) is 1. The molecular weight excluding hydrogens is 226 g/mol. The van der Waals surface area contributed by atoms with E-state index in [4.69, 9.17) is 5.11 Å². The molecule has 0 rings (SSSR count). The van der Waals surface area contributed by atoms with Crippen molar-refractivity contribution in [1.29, 1.82) is 0 Å². The molecule has 4 N–H and O–H groups in total. The second-order valence-corrected chi connectivity index (χ2v) is 4.46. The molecule has 3 amide bonds. The van der Waals surface area contributed by atoms with Gasteiger partial charge >= 0.3 is 12.0 Å². The maximum atomic E-state index is 11.3. The average Bonchev–Trinajstić information content (AvgIpc) is 2.13. The first-order chi connectivity index (χ1) is 7.65. The van der Waals surface area contributed by atoms with Gasteiger partial charge in [-0.2, -0.15) is 0 Å². The number of carbonyl (C=O) groups is 3. The van der Waals surface area contributed by atoms with E-state index in [-0.39, 0.29) is 12.6 Å². The van der Waals surface area contributed by atoms with Crippen molar-refractivity contribution in [3.8, 4) is 0 Å². The van der Waals surface area contributed by atoms with Crippen molar-refractivity contribution >= 4 is 17.9 Å². The predicted octanol–water partition coefficient (Wildman–Crippen LogP) is -0.327. The van der Waals surface area contributed by atoms with Crippen molar-refractivity contribution in [2.24, 2.45) is 0 Å². The minimum atomic E-state index is -1.22. The molecule has 7 heteroatoms. The lowest BCUT2D eigenvalue weighted by atomic mass is 10.1. The lowest BCUT2D eigenvalue weighted by molar-refractivity contribution is -0.143. The van der Waals surface area contributed by atoms with Gasteiger partial charge < -0.3 is 10.4 Å². The van der Waals surface area contributed by atoms with E-state index in [0.717, 1.165) is 0 Å². The zero-order chi connectivity index (χ0) is 13.6. The Labute approximate surface area is 100.0 Å². The Kier molecular flexibility index (Phi) is 5.60. The summed E-state index contributed by atoms with van der Waals surface area (Å²) in [5.74, 6) is -1.66. The fraction of sp³-hybridized carbons (Fsp3) is 0.700. The molecule has 0 aliphatic heterocycles. The van der Waals surface area contributed by atoms with E-state index in [9.17, 15) is 14.4 Å². The minimum Gasteiger partial charge on any atom is -0.480 e. The number of carbonyl (C=O) groups excluding carboxylic acids is 2. The highest BCUT2D eigenvalue weighted by molar-refractivity contribution is 5.95. The molecule has 0 spiro atoms. The molecule has 0 aliphatic carbocycles. The van der Waals surface area contributed by atoms with Crippen LogP contribution in [0, 0.1) is 0 Å². The molecule has 98 valence electrons. The molecular formula is C10H19N3O4. The molecule has 0 radical (unpaired) electrons. The van der Waals surface area contributed by atoms with E-state index in [2.05, 4.69) is 16.0 Å². The van der Waals surface area contributed by atoms with Gasteiger partial charge in [0.1, 0.15) is 5.54 Å². The zero-order valence-corrected chi connectivity index (χ0v) is 10.5. The topological polar surface area (TPSA) is 108 Å². The smallest absolute Gasteiger partial charge is 0.323 e. The maximum Gasteiger partial charge on any atom is 0.323 e. The molecule has 0 aromatic rings. The number of urea groups is 1. The van der Waals surface area contributed by atoms with E-state index in [1.54, 1.807) is 13.8 Å². The van der Waals surface area contributed by atoms with Crippen LogP contribution in [0.15, 0.2) is 0 Å². The summed E-state index contributed by atoms with van der Waals surface area (Å²) in [5, 5.41) is 15.9. The molecule has 0 fully saturated rings. The third-order valence-electron chi connectivity index (χ3n) is 1.90. The van der Waals surface area contributed by atoms with Crippen LogP contribution in [-0.2, 0) is 9.59 Å². The summed E-state index contributed by atoms with van der Waals surface area (Å²) in [5.41, 5.74) is -1.22. The Hall–Kier alpha value is -1.63. The minimum absolute atomic E-state index is 0.0776. The summed E-state index contributed by atoms with van der Waals surface area (Å²) < 4.78 is 0. The molecule has 0 aromatic heterocycles. The quantitative estimate of drug-likeness (QED) is 0.530. The largest absolute Gasteiger partial charge is 0.480 e. The van der Waals surface area contributed by atoms with E-state index < -0.39 is 23.4 Å². The summed E-state index contributed by atoms with van der Waals surface area (Å²) >= 11 is 0. The zero-order valence-electron chi connectivity index (χ0n) is 10.5. The normalized spacial score (nSPS) is 11.1. The van der Waals surface area contributed by atoms with E-state index in [1.165, 1.54) is 13.8 Å². The van der Waals surface area contributed by atoms with E-state index >= 15 is 0 Å². The number of imide groups is 1. The number of carboxylic acids is 1. The summed E-state index contributed by atoms with van der Waals surface area (Å²) in [7, 11) is 0. The van der Waals surface area contributed by atoms with Crippen LogP contribution < -0.4 is 16.0 Å². The summed E-state index contributed by atoms with van der Waals surface area (Å²) in [6.07, 6.45) is 0. The summed E-state index contributed by atoms with van der Waals surface area (Å²) in [4.78, 5) is 33.1. The van der Waals surface area contributed by atoms with Crippen LogP contribution in [-0.4, -0.2) is 41.1 Å². The van der Waals surface area contributed by atoms with Gasteiger partial charge in [0.2, 0.25) is 5.91 Å². The van der Waals surface area contributed by atoms with Crippen LogP contribution in [0.25, 0.3) is 0 Å². The molecule has 0 saturated carbocycles. The third-order valence-corrected chi connectivity index (χ3v) is 1.90. The van der Waals surface area contributed by atoms with Gasteiger partial charge in [0, 0.05) is 6.04 Å². The van der Waals surface area contributed by atoms with Gasteiger partial charge in [-0.3, -0.25) is 20.2 Å². The summed E-state index contributed by atoms with van der Waals surface area (Å²) in [6, 6.07) is -0.675. The highest BCUT2D eigenvalue weighted by Gasteiger charge is 2.27. The van der Waals surface area contributed by atoms with Crippen LogP contribution in [0.1, 0.15) is 27.7 Å². The Morgan fingerprint density at radius 2 is 1.76 bits per heavy atom. The Bertz CT molecular complexity index is 313. The highest BCUT2D eigenvalue weighted by atomic mass is 16.4. The SMILES string of the molecule is CC(C)NC(=O)NC(=O)CNC(C)(C)C(=O)O. The number of hydrogen-bond acceptors (Lipinski definition) is 4. The first-order valence-corrected chi connectivity index (χ1v) is 5.24. The molecule has 0 aromatic carbocycles. The van der Waals surface area contributed by atoms with Crippen molar-refractivity contribution in [2.45, 2.75) is 39.3 Å². The molecule has 0 saturated heterocycles. The van der Waals surface area contributed by atoms with Crippen LogP contribution in [0.3, 0.4) is 0 Å². The van der Waals surface area contributed by atoms with E-state index in [1.807, 2.05) is 0 Å². The first-order valence-electron chi connectivity index (χ1n) is 5.24. The van der Waals surface area contributed by atoms with Crippen molar-refractivity contribution < 1.29 is 19.5 Å². The van der Waals surface area contributed by atoms with Crippen LogP contribution in [0.2, 0.25) is 0 Å². The highest BCUT2D eigenvalue weighted by Crippen LogP contribution is 2.00. The monoisotopic (exact) mass is 245 g/mol. The Balaban J connectivity index is 4.04. The number of rotatable bonds is 5. The molecule has 0 aliphatic rings. The van der Waals surface area contributed by atoms with Gasteiger partial charge in [0.25, 0.3) is 0 Å². The van der Waals surface area contributed by atoms with Crippen LogP contribution in [0.4, 0.5) is 4.79 Å². The fourth-order valence-electron chi connectivity index (χ4n) is 0.846. The summed E-state index contributed by atoms with van der Waals surface area (Å²) in [6.45, 7) is 6.13. The molecule has 0 bridgehead atoms. The second kappa shape index (κ2) is 6.19. The van der Waals surface area contributed by atoms with Gasteiger partial charge in [-0.15, -0.1) is 0 Å². The van der Waals surface area contributed by atoms with Gasteiger partial charge in [-0.1, -0.05) is 0 Å². The lowest BCUT2D eigenvalue weighted by Gasteiger charge is -2.20. The molecule has 7 nitrogen and oxygen atoms in total. The Morgan fingerprint density at radius 3 is 2.18 bits per heavy atom. The molecule has 0 atom stereocenters. The average molecular weight is 245 g/mol. The van der Waals surface area contributed by atoms with Gasteiger partial charge in [-0.05, 0) is 27.7 Å². The van der Waals surface area contributed by atoms with Gasteiger partial charge in [-0.25, -0.2) is 4.79 Å². The van der Waals surface area contributed by atoms with Crippen molar-refractivity contribution in [3.63, 3.8) is 0 Å². The van der Waals surface area contributed by atoms with Crippen molar-refractivity contribution in [3.05, 3.63) is 0 Å². The molecule has 0 heterocycles. The fourth-order valence-corrected chi connectivity index (χ4v) is 0.846. The second-order valence-electron chi connectivity index (χ2n) is 4.46. The first kappa shape index (κ1) is 15.4. The molecule has 0 unspecified atom stereocenters. The van der Waals surface area contributed by atoms with E-state index in [0.29, 0.717) is 0 Å². The standard InChI is InChI=1S/C10H19N3O4/c1-6(2)12-9(17)13-7(14)5-11-10(3,4)8(15)16/h6,11H,5H2,1-4H3,(H,15,16)(H2,12,13,14,17). The number of aliphatic carboxylic acids is 1. The maximum absolute atomic E-state index is 11.3. The third kappa shape index (κ3) is 6.52. The molecule has 17 heavy (non-hydrogen) atoms. The number of nitrogens with one attached hydrogen (secondary N) is 3. The number of amides is 3. The van der Waals surface area contributed by atoms with Crippen LogP contribution in [0.5, 0.6) is 0 Å². The van der Waals surface area contributed by atoms with Gasteiger partial charge in [0.05, 0.1) is 6.54 Å². The predicted molar refractivity (Wildman–Crippen MR) is 61.5 cm³/mol. The van der Waals surface area contributed by atoms with Gasteiger partial charge in [0.15, 0.2) is 0 Å². The van der Waals surface area contributed by atoms with Crippen molar-refractivity contribution in [1.82, 2.24) is 16.0 Å². The van der Waals surface area contributed by atoms with Crippen LogP contribution >= 0.6 is 0 Å². The van der Waals surface area contributed by atoms with Crippen molar-refractivity contribution in [2.75, 3.05) is 6.54 Å². The Morgan fingerprint density at radius 1 is 1.24 bits per heavy atom. The number of hydrogen-bond donors (Lipinski definition) is 4.